The van der Waals surface area contributed by atoms with Crippen LogP contribution in [0.5, 0.6) is 5.75 Å². The highest BCUT2D eigenvalue weighted by Crippen LogP contribution is 2.25. The number of anilines is 2. The number of phenols is 1. The van der Waals surface area contributed by atoms with E-state index in [0.29, 0.717) is 5.69 Å². The number of halogens is 3. The van der Waals surface area contributed by atoms with Crippen molar-refractivity contribution in [3.05, 3.63) is 46.5 Å². The summed E-state index contributed by atoms with van der Waals surface area (Å²) in [6.07, 6.45) is 6.50. The molecule has 6 heteroatoms. The highest BCUT2D eigenvalue weighted by Gasteiger charge is 2.05. The van der Waals surface area contributed by atoms with Gasteiger partial charge < -0.3 is 10.4 Å². The zero-order valence-electron chi connectivity index (χ0n) is 12.0. The average molecular weight is 312 g/mol. The number of aryl methyl sites for hydroxylation is 1. The Labute approximate surface area is 127 Å². The van der Waals surface area contributed by atoms with E-state index >= 15 is 0 Å². The molecule has 0 spiro atoms. The molecule has 22 heavy (non-hydrogen) atoms. The molecule has 0 atom stereocenters. The summed E-state index contributed by atoms with van der Waals surface area (Å²) in [5.74, 6) is 1.03. The normalized spacial score (nSPS) is 11.6. The lowest BCUT2D eigenvalue weighted by atomic mass is 10.1. The van der Waals surface area contributed by atoms with E-state index < -0.39 is 0 Å². The number of hydrogen-bond acceptors (Lipinski definition) is 3. The van der Waals surface area contributed by atoms with Crippen LogP contribution in [0.15, 0.2) is 30.3 Å². The fourth-order valence-corrected chi connectivity index (χ4v) is 2.27. The Kier molecular flexibility index (Phi) is 6.44. The fourth-order valence-electron chi connectivity index (χ4n) is 2.27. The van der Waals surface area contributed by atoms with E-state index in [1.54, 1.807) is 12.1 Å². The summed E-state index contributed by atoms with van der Waals surface area (Å²) < 4.78 is 16.0. The Bertz CT molecular complexity index is 753. The molecule has 0 aliphatic heterocycles. The van der Waals surface area contributed by atoms with Crippen LogP contribution in [0.25, 0.3) is 12.2 Å². The Balaban J connectivity index is 0.00000117. The summed E-state index contributed by atoms with van der Waals surface area (Å²) in [7, 11) is 0. The van der Waals surface area contributed by atoms with Crippen molar-refractivity contribution in [3.63, 3.8) is 0 Å². The molecular weight excluding hydrogens is 293 g/mol. The molecule has 0 saturated carbocycles. The molecule has 3 nitrogen and oxygen atoms in total. The van der Waals surface area contributed by atoms with Gasteiger partial charge in [0.1, 0.15) is 11.6 Å². The van der Waals surface area contributed by atoms with Gasteiger partial charge in [0.2, 0.25) is 0 Å². The lowest BCUT2D eigenvalue weighted by molar-refractivity contribution is 0.108. The summed E-state index contributed by atoms with van der Waals surface area (Å²) >= 11 is 0. The maximum Gasteiger partial charge on any atom is 0.139 e. The number of rotatable bonds is 2. The van der Waals surface area contributed by atoms with E-state index in [1.807, 2.05) is 19.1 Å². The second kappa shape index (κ2) is 8.07. The molecule has 0 bridgehead atoms. The van der Waals surface area contributed by atoms with Crippen LogP contribution in [-0.2, 0) is 0 Å². The Morgan fingerprint density at radius 1 is 1.18 bits per heavy atom. The fraction of sp³-hybridized carbons (Fsp3) is 0.188. The van der Waals surface area contributed by atoms with E-state index in [1.165, 1.54) is 5.22 Å². The van der Waals surface area contributed by atoms with Crippen LogP contribution in [-0.4, -0.2) is 10.1 Å². The number of benzene rings is 1. The first-order valence-electron chi connectivity index (χ1n) is 6.61. The number of fused-ring (bicyclic) bond motifs is 1. The minimum atomic E-state index is 0. The van der Waals surface area contributed by atoms with Gasteiger partial charge in [-0.3, -0.25) is 4.70 Å². The molecule has 1 aliphatic rings. The minimum absolute atomic E-state index is 0. The second-order valence-corrected chi connectivity index (χ2v) is 4.76. The number of nitrogens with one attached hydrogen (secondary N) is 1. The number of nitrogens with zero attached hydrogens (tertiary/aromatic N) is 1. The molecule has 1 aromatic heterocycles. The molecule has 1 aromatic carbocycles. The van der Waals surface area contributed by atoms with Crippen molar-refractivity contribution in [2.24, 2.45) is 0 Å². The molecule has 120 valence electrons. The maximum atomic E-state index is 9.80. The van der Waals surface area contributed by atoms with Gasteiger partial charge in [-0.25, -0.2) is 4.98 Å². The van der Waals surface area contributed by atoms with Crippen LogP contribution in [0.3, 0.4) is 0 Å². The van der Waals surface area contributed by atoms with Crippen molar-refractivity contribution >= 4 is 23.7 Å². The molecule has 0 saturated heterocycles. The highest BCUT2D eigenvalue weighted by atomic mass is 20.0. The van der Waals surface area contributed by atoms with Crippen LogP contribution in [0.2, 0.25) is 0 Å². The zero-order valence-corrected chi connectivity index (χ0v) is 12.0. The van der Waals surface area contributed by atoms with E-state index in [0.717, 1.165) is 29.6 Å². The van der Waals surface area contributed by atoms with Crippen LogP contribution in [0.1, 0.15) is 19.8 Å². The van der Waals surface area contributed by atoms with Crippen molar-refractivity contribution in [1.29, 1.82) is 0 Å². The van der Waals surface area contributed by atoms with Crippen molar-refractivity contribution in [1.82, 2.24) is 4.98 Å². The quantitative estimate of drug-likeness (QED) is 0.835. The zero-order chi connectivity index (χ0) is 15.2. The Hall–Kier alpha value is -2.50. The average Bonchev–Trinajstić information content (AvgIpc) is 2.52. The van der Waals surface area contributed by atoms with Gasteiger partial charge >= 0.3 is 0 Å². The first-order chi connectivity index (χ1) is 10.2. The highest BCUT2D eigenvalue weighted by molar-refractivity contribution is 5.65. The van der Waals surface area contributed by atoms with Crippen LogP contribution >= 0.6 is 0 Å². The summed E-state index contributed by atoms with van der Waals surface area (Å²) in [6, 6.07) is 9.33. The first kappa shape index (κ1) is 17.6. The molecule has 0 amide bonds. The maximum absolute atomic E-state index is 9.80. The molecule has 2 aromatic rings. The molecule has 3 rings (SSSR count). The SMILES string of the molecule is Cc1cc2c(nc1Nc1ccccc1O)=CCCC=2.F.FF.[HH]. The van der Waals surface area contributed by atoms with E-state index in [2.05, 4.69) is 28.5 Å². The number of pyridine rings is 1. The van der Waals surface area contributed by atoms with Gasteiger partial charge in [-0.2, -0.15) is 0 Å². The molecule has 2 N–H and O–H groups in total. The summed E-state index contributed by atoms with van der Waals surface area (Å²) in [6.45, 7) is 2.03. The van der Waals surface area contributed by atoms with Gasteiger partial charge in [-0.05, 0) is 48.7 Å². The van der Waals surface area contributed by atoms with Gasteiger partial charge in [-0.15, -0.1) is 0 Å². The van der Waals surface area contributed by atoms with Gasteiger partial charge in [0.05, 0.1) is 11.0 Å². The number of aromatic nitrogens is 1. The molecule has 1 heterocycles. The molecule has 1 aliphatic carbocycles. The number of phenolic OH excluding ortho intramolecular Hbond substituents is 1. The predicted octanol–water partition coefficient (Wildman–Crippen LogP) is 3.43. The van der Waals surface area contributed by atoms with Crippen molar-refractivity contribution in [2.45, 2.75) is 19.8 Å². The Morgan fingerprint density at radius 2 is 1.86 bits per heavy atom. The van der Waals surface area contributed by atoms with Crippen molar-refractivity contribution < 1.29 is 20.4 Å². The summed E-state index contributed by atoms with van der Waals surface area (Å²) in [5, 5.41) is 15.2. The first-order valence-corrected chi connectivity index (χ1v) is 6.61. The standard InChI is InChI=1S/C16H16N2O.F2.FH.H2/c1-11-10-12-6-2-3-7-13(12)17-16(11)18-14-8-4-5-9-15(14)19;1-2;;/h4-10,19H,2-3H2,1H3,(H,17,18);;2*1H. The van der Waals surface area contributed by atoms with E-state index in [-0.39, 0.29) is 11.9 Å². The van der Waals surface area contributed by atoms with Gasteiger partial charge in [0, 0.05) is 10.6 Å². The van der Waals surface area contributed by atoms with Crippen molar-refractivity contribution in [3.8, 4) is 5.75 Å². The second-order valence-electron chi connectivity index (χ2n) is 4.76. The topological polar surface area (TPSA) is 45.2 Å². The van der Waals surface area contributed by atoms with Gasteiger partial charge in [0.25, 0.3) is 0 Å². The third-order valence-corrected chi connectivity index (χ3v) is 3.30. The molecule has 0 fully saturated rings. The van der Waals surface area contributed by atoms with Gasteiger partial charge in [-0.1, -0.05) is 24.3 Å². The Morgan fingerprint density at radius 3 is 2.59 bits per heavy atom. The largest absolute Gasteiger partial charge is 0.506 e. The third-order valence-electron chi connectivity index (χ3n) is 3.30. The lowest BCUT2D eigenvalue weighted by Crippen LogP contribution is -2.31. The lowest BCUT2D eigenvalue weighted by Gasteiger charge is -2.11. The summed E-state index contributed by atoms with van der Waals surface area (Å²) in [5.41, 5.74) is 1.76. The van der Waals surface area contributed by atoms with Crippen LogP contribution in [0.4, 0.5) is 25.4 Å². The number of para-hydroxylation sites is 2. The van der Waals surface area contributed by atoms with E-state index in [9.17, 15) is 5.11 Å². The monoisotopic (exact) mass is 312 g/mol. The number of hydrogen-bond donors (Lipinski definition) is 2. The van der Waals surface area contributed by atoms with Gasteiger partial charge in [0.15, 0.2) is 0 Å². The predicted molar refractivity (Wildman–Crippen MR) is 84.6 cm³/mol. The summed E-state index contributed by atoms with van der Waals surface area (Å²) in [4.78, 5) is 4.64. The van der Waals surface area contributed by atoms with E-state index in [4.69, 9.17) is 9.15 Å². The van der Waals surface area contributed by atoms with Crippen LogP contribution < -0.4 is 15.9 Å². The molecular formula is C16H19F3N2O. The van der Waals surface area contributed by atoms with Crippen molar-refractivity contribution in [2.75, 3.05) is 5.32 Å². The minimum Gasteiger partial charge on any atom is -0.506 e. The molecule has 0 unspecified atom stereocenters. The third kappa shape index (κ3) is 3.78. The molecule has 0 radical (unpaired) electrons. The van der Waals surface area contributed by atoms with Crippen LogP contribution in [0, 0.1) is 6.92 Å². The number of aromatic hydroxyl groups is 1. The smallest absolute Gasteiger partial charge is 0.139 e.